The van der Waals surface area contributed by atoms with Gasteiger partial charge in [0.2, 0.25) is 0 Å². The Morgan fingerprint density at radius 2 is 1.55 bits per heavy atom. The number of aliphatic hydroxyl groups is 2. The van der Waals surface area contributed by atoms with Crippen molar-refractivity contribution in [3.63, 3.8) is 0 Å². The van der Waals surface area contributed by atoms with Gasteiger partial charge in [0, 0.05) is 19.1 Å². The van der Waals surface area contributed by atoms with Gasteiger partial charge in [-0.15, -0.1) is 0 Å². The highest BCUT2D eigenvalue weighted by molar-refractivity contribution is 5.44. The van der Waals surface area contributed by atoms with Crippen molar-refractivity contribution in [1.29, 1.82) is 0 Å². The number of rotatable bonds is 8. The number of piperidine rings is 1. The standard InChI is InChI=1S/C28H33NO4/c1-21(29-17-15-28(31,16-18-29)24-11-7-4-8-12-24)27(30)23-13-14-25(26(19-23)32-2)33-20-22-9-5-3-6-10-22/h3-14,19,21,27,30-31H,15-18,20H2,1-2H3/t21-,27+/m1/s1. The van der Waals surface area contributed by atoms with Gasteiger partial charge >= 0.3 is 0 Å². The fraction of sp³-hybridized carbons (Fsp3) is 0.357. The van der Waals surface area contributed by atoms with E-state index in [0.29, 0.717) is 30.9 Å². The zero-order valence-electron chi connectivity index (χ0n) is 19.4. The Morgan fingerprint density at radius 1 is 0.909 bits per heavy atom. The first-order chi connectivity index (χ1) is 16.0. The number of likely N-dealkylation sites (tertiary alicyclic amines) is 1. The molecule has 0 saturated carbocycles. The van der Waals surface area contributed by atoms with Gasteiger partial charge in [0.25, 0.3) is 0 Å². The summed E-state index contributed by atoms with van der Waals surface area (Å²) in [5.74, 6) is 1.25. The van der Waals surface area contributed by atoms with Crippen LogP contribution >= 0.6 is 0 Å². The first-order valence-corrected chi connectivity index (χ1v) is 11.5. The van der Waals surface area contributed by atoms with Crippen molar-refractivity contribution in [3.05, 3.63) is 95.6 Å². The average molecular weight is 448 g/mol. The number of benzene rings is 3. The van der Waals surface area contributed by atoms with Gasteiger partial charge in [-0.25, -0.2) is 0 Å². The number of nitrogens with zero attached hydrogens (tertiary/aromatic N) is 1. The van der Waals surface area contributed by atoms with Crippen LogP contribution in [0.4, 0.5) is 0 Å². The van der Waals surface area contributed by atoms with Crippen LogP contribution in [-0.4, -0.2) is 41.4 Å². The lowest BCUT2D eigenvalue weighted by Gasteiger charge is -2.42. The maximum absolute atomic E-state index is 11.1. The van der Waals surface area contributed by atoms with Crippen LogP contribution in [0.3, 0.4) is 0 Å². The highest BCUT2D eigenvalue weighted by atomic mass is 16.5. The lowest BCUT2D eigenvalue weighted by molar-refractivity contribution is -0.0502. The quantitative estimate of drug-likeness (QED) is 0.525. The molecule has 0 unspecified atom stereocenters. The highest BCUT2D eigenvalue weighted by Crippen LogP contribution is 2.36. The predicted molar refractivity (Wildman–Crippen MR) is 129 cm³/mol. The van der Waals surface area contributed by atoms with E-state index in [9.17, 15) is 10.2 Å². The molecule has 1 saturated heterocycles. The molecule has 0 bridgehead atoms. The van der Waals surface area contributed by atoms with E-state index >= 15 is 0 Å². The average Bonchev–Trinajstić information content (AvgIpc) is 2.88. The highest BCUT2D eigenvalue weighted by Gasteiger charge is 2.36. The fourth-order valence-corrected chi connectivity index (χ4v) is 4.54. The molecule has 0 aromatic heterocycles. The third-order valence-corrected chi connectivity index (χ3v) is 6.74. The van der Waals surface area contributed by atoms with Gasteiger partial charge in [0.15, 0.2) is 11.5 Å². The Labute approximate surface area is 196 Å². The van der Waals surface area contributed by atoms with Gasteiger partial charge in [-0.2, -0.15) is 0 Å². The molecule has 2 N–H and O–H groups in total. The SMILES string of the molecule is COc1cc([C@@H](O)[C@@H](C)N2CCC(O)(c3ccccc3)CC2)ccc1OCc1ccccc1. The Kier molecular flexibility index (Phi) is 7.33. The number of hydrogen-bond donors (Lipinski definition) is 2. The molecule has 1 fully saturated rings. The maximum atomic E-state index is 11.1. The van der Waals surface area contributed by atoms with E-state index in [4.69, 9.17) is 9.47 Å². The molecule has 3 aromatic carbocycles. The number of aliphatic hydroxyl groups excluding tert-OH is 1. The van der Waals surface area contributed by atoms with Crippen LogP contribution in [0.15, 0.2) is 78.9 Å². The molecule has 174 valence electrons. The van der Waals surface area contributed by atoms with Crippen molar-refractivity contribution in [2.45, 2.75) is 44.1 Å². The normalized spacial score (nSPS) is 17.8. The number of ether oxygens (including phenoxy) is 2. The van der Waals surface area contributed by atoms with Crippen LogP contribution in [0.1, 0.15) is 42.6 Å². The number of hydrogen-bond acceptors (Lipinski definition) is 5. The first kappa shape index (κ1) is 23.3. The van der Waals surface area contributed by atoms with Crippen molar-refractivity contribution in [2.24, 2.45) is 0 Å². The lowest BCUT2D eigenvalue weighted by atomic mass is 9.83. The van der Waals surface area contributed by atoms with Crippen molar-refractivity contribution < 1.29 is 19.7 Å². The maximum Gasteiger partial charge on any atom is 0.161 e. The third-order valence-electron chi connectivity index (χ3n) is 6.74. The van der Waals surface area contributed by atoms with Crippen molar-refractivity contribution in [3.8, 4) is 11.5 Å². The second-order valence-corrected chi connectivity index (χ2v) is 8.80. The Bertz CT molecular complexity index is 1020. The van der Waals surface area contributed by atoms with E-state index in [1.165, 1.54) is 0 Å². The molecule has 0 spiro atoms. The molecule has 5 nitrogen and oxygen atoms in total. The molecule has 33 heavy (non-hydrogen) atoms. The largest absolute Gasteiger partial charge is 0.493 e. The molecule has 5 heteroatoms. The third kappa shape index (κ3) is 5.38. The van der Waals surface area contributed by atoms with Gasteiger partial charge in [-0.05, 0) is 48.6 Å². The van der Waals surface area contributed by atoms with E-state index in [2.05, 4.69) is 4.90 Å². The van der Waals surface area contributed by atoms with Gasteiger partial charge in [-0.3, -0.25) is 4.90 Å². The van der Waals surface area contributed by atoms with Crippen LogP contribution in [0.25, 0.3) is 0 Å². The summed E-state index contributed by atoms with van der Waals surface area (Å²) in [6.07, 6.45) is 0.609. The second kappa shape index (κ2) is 10.4. The van der Waals surface area contributed by atoms with Crippen LogP contribution in [-0.2, 0) is 12.2 Å². The Balaban J connectivity index is 1.39. The molecule has 4 rings (SSSR count). The minimum atomic E-state index is -0.802. The van der Waals surface area contributed by atoms with Crippen molar-refractivity contribution in [2.75, 3.05) is 20.2 Å². The fourth-order valence-electron chi connectivity index (χ4n) is 4.54. The van der Waals surface area contributed by atoms with Gasteiger partial charge < -0.3 is 19.7 Å². The summed E-state index contributed by atoms with van der Waals surface area (Å²) in [7, 11) is 1.61. The summed E-state index contributed by atoms with van der Waals surface area (Å²) < 4.78 is 11.5. The first-order valence-electron chi connectivity index (χ1n) is 11.5. The van der Waals surface area contributed by atoms with E-state index in [1.54, 1.807) is 7.11 Å². The molecular weight excluding hydrogens is 414 g/mol. The summed E-state index contributed by atoms with van der Waals surface area (Å²) in [5, 5.41) is 22.2. The van der Waals surface area contributed by atoms with Gasteiger partial charge in [0.05, 0.1) is 18.8 Å². The van der Waals surface area contributed by atoms with E-state index in [-0.39, 0.29) is 6.04 Å². The minimum absolute atomic E-state index is 0.0916. The van der Waals surface area contributed by atoms with Gasteiger partial charge in [-0.1, -0.05) is 66.7 Å². The van der Waals surface area contributed by atoms with Crippen molar-refractivity contribution in [1.82, 2.24) is 4.90 Å². The molecule has 0 amide bonds. The summed E-state index contributed by atoms with van der Waals surface area (Å²) >= 11 is 0. The smallest absolute Gasteiger partial charge is 0.161 e. The molecular formula is C28H33NO4. The summed E-state index contributed by atoms with van der Waals surface area (Å²) in [6, 6.07) is 25.4. The molecule has 1 heterocycles. The Morgan fingerprint density at radius 3 is 2.18 bits per heavy atom. The van der Waals surface area contributed by atoms with E-state index in [1.807, 2.05) is 85.8 Å². The van der Waals surface area contributed by atoms with Crippen LogP contribution in [0.2, 0.25) is 0 Å². The second-order valence-electron chi connectivity index (χ2n) is 8.80. The predicted octanol–water partition coefficient (Wildman–Crippen LogP) is 4.68. The van der Waals surface area contributed by atoms with Crippen LogP contribution < -0.4 is 9.47 Å². The summed E-state index contributed by atoms with van der Waals surface area (Å²) in [4.78, 5) is 2.24. The molecule has 1 aliphatic rings. The topological polar surface area (TPSA) is 62.2 Å². The van der Waals surface area contributed by atoms with Gasteiger partial charge in [0.1, 0.15) is 6.61 Å². The van der Waals surface area contributed by atoms with E-state index < -0.39 is 11.7 Å². The van der Waals surface area contributed by atoms with Crippen LogP contribution in [0.5, 0.6) is 11.5 Å². The zero-order valence-corrected chi connectivity index (χ0v) is 19.4. The Hall–Kier alpha value is -2.86. The summed E-state index contributed by atoms with van der Waals surface area (Å²) in [6.45, 7) is 3.93. The monoisotopic (exact) mass is 447 g/mol. The molecule has 0 radical (unpaired) electrons. The molecule has 3 aromatic rings. The zero-order chi connectivity index (χ0) is 23.3. The summed E-state index contributed by atoms with van der Waals surface area (Å²) in [5.41, 5.74) is 2.03. The number of methoxy groups -OCH3 is 1. The molecule has 1 aliphatic heterocycles. The lowest BCUT2D eigenvalue weighted by Crippen LogP contribution is -2.47. The molecule has 0 aliphatic carbocycles. The minimum Gasteiger partial charge on any atom is -0.493 e. The van der Waals surface area contributed by atoms with Crippen molar-refractivity contribution >= 4 is 0 Å². The van der Waals surface area contributed by atoms with E-state index in [0.717, 1.165) is 29.8 Å². The molecule has 2 atom stereocenters. The van der Waals surface area contributed by atoms with Crippen LogP contribution in [0, 0.1) is 0 Å².